The molecule has 0 aromatic rings. The van der Waals surface area contributed by atoms with Crippen LogP contribution in [0.4, 0.5) is 0 Å². The summed E-state index contributed by atoms with van der Waals surface area (Å²) >= 11 is 0. The van der Waals surface area contributed by atoms with Crippen LogP contribution in [0.3, 0.4) is 0 Å². The zero-order chi connectivity index (χ0) is 61.9. The van der Waals surface area contributed by atoms with Crippen LogP contribution in [0.25, 0.3) is 0 Å². The number of rotatable bonds is 65. The molecular formula is C76H134NO8+. The van der Waals surface area contributed by atoms with Gasteiger partial charge in [0.25, 0.3) is 6.29 Å². The maximum atomic E-state index is 12.9. The van der Waals surface area contributed by atoms with Crippen molar-refractivity contribution in [2.45, 2.75) is 322 Å². The molecule has 0 aromatic heterocycles. The Hall–Kier alpha value is -3.79. The summed E-state index contributed by atoms with van der Waals surface area (Å²) in [5.74, 6) is -2.00. The third-order valence-corrected chi connectivity index (χ3v) is 15.3. The molecule has 9 nitrogen and oxygen atoms in total. The van der Waals surface area contributed by atoms with E-state index in [9.17, 15) is 19.5 Å². The lowest BCUT2D eigenvalue weighted by molar-refractivity contribution is -0.870. The zero-order valence-corrected chi connectivity index (χ0v) is 56.0. The first-order valence-electron chi connectivity index (χ1n) is 35.4. The van der Waals surface area contributed by atoms with Crippen molar-refractivity contribution in [2.75, 3.05) is 47.5 Å². The number of hydrogen-bond acceptors (Lipinski definition) is 7. The molecular weight excluding hydrogens is 1050 g/mol. The number of carboxylic acids is 1. The first-order chi connectivity index (χ1) is 41.6. The summed E-state index contributed by atoms with van der Waals surface area (Å²) in [6.45, 7) is 4.78. The number of esters is 2. The van der Waals surface area contributed by atoms with Crippen molar-refractivity contribution in [2.24, 2.45) is 0 Å². The lowest BCUT2D eigenvalue weighted by Crippen LogP contribution is -2.40. The van der Waals surface area contributed by atoms with Crippen LogP contribution in [-0.2, 0) is 33.3 Å². The molecule has 9 heteroatoms. The second-order valence-electron chi connectivity index (χ2n) is 24.8. The van der Waals surface area contributed by atoms with E-state index in [0.717, 1.165) is 89.9 Å². The number of ether oxygens (including phenoxy) is 4. The molecule has 0 aliphatic carbocycles. The fourth-order valence-electron chi connectivity index (χ4n) is 9.93. The van der Waals surface area contributed by atoms with E-state index in [-0.39, 0.29) is 32.2 Å². The molecule has 0 radical (unpaired) electrons. The van der Waals surface area contributed by atoms with Crippen LogP contribution in [0.5, 0.6) is 0 Å². The quantitative estimate of drug-likeness (QED) is 0.0211. The summed E-state index contributed by atoms with van der Waals surface area (Å²) in [7, 11) is 5.98. The highest BCUT2D eigenvalue weighted by Crippen LogP contribution is 2.18. The first-order valence-corrected chi connectivity index (χ1v) is 35.4. The number of likely N-dealkylation sites (N-methyl/N-ethyl adjacent to an activating group) is 1. The predicted octanol–water partition coefficient (Wildman–Crippen LogP) is 22.0. The smallest absolute Gasteiger partial charge is 0.361 e. The van der Waals surface area contributed by atoms with Gasteiger partial charge < -0.3 is 28.5 Å². The summed E-state index contributed by atoms with van der Waals surface area (Å²) in [4.78, 5) is 37.6. The van der Waals surface area contributed by atoms with Crippen molar-refractivity contribution in [3.63, 3.8) is 0 Å². The normalized spacial score (nSPS) is 13.3. The molecule has 0 saturated heterocycles. The Bertz CT molecular complexity index is 1720. The number of quaternary nitrogens is 1. The SMILES string of the molecule is CC/C=C\C/C=C\C/C=C\C/C=C\C/C=C\C/C=C\CCCCCCCCCCCCC(=O)OC(COC(=O)CCCCCCCCCCCCCCCCCCCCC/C=C\C/C=C\CCCCCCC)COC(OCC[N+](C)(C)C)C(=O)O. The fourth-order valence-corrected chi connectivity index (χ4v) is 9.93. The topological polar surface area (TPSA) is 108 Å². The predicted molar refractivity (Wildman–Crippen MR) is 364 cm³/mol. The molecule has 0 aromatic carbocycles. The fraction of sp³-hybridized carbons (Fsp3) is 0.750. The average molecular weight is 1190 g/mol. The Morgan fingerprint density at radius 3 is 1.00 bits per heavy atom. The number of carbonyl (C=O) groups excluding carboxylic acids is 2. The number of aliphatic carboxylic acids is 1. The van der Waals surface area contributed by atoms with Gasteiger partial charge in [0.15, 0.2) is 6.10 Å². The summed E-state index contributed by atoms with van der Waals surface area (Å²) < 4.78 is 23.0. The second-order valence-corrected chi connectivity index (χ2v) is 24.8. The molecule has 490 valence electrons. The van der Waals surface area contributed by atoms with Crippen molar-refractivity contribution >= 4 is 17.9 Å². The number of carboxylic acid groups (broad SMARTS) is 1. The molecule has 2 atom stereocenters. The third-order valence-electron chi connectivity index (χ3n) is 15.3. The van der Waals surface area contributed by atoms with Crippen molar-refractivity contribution in [1.29, 1.82) is 0 Å². The van der Waals surface area contributed by atoms with Crippen LogP contribution < -0.4 is 0 Å². The molecule has 0 rings (SSSR count). The molecule has 0 spiro atoms. The van der Waals surface area contributed by atoms with E-state index < -0.39 is 24.3 Å². The van der Waals surface area contributed by atoms with Crippen LogP contribution >= 0.6 is 0 Å². The Morgan fingerprint density at radius 2 is 0.671 bits per heavy atom. The van der Waals surface area contributed by atoms with E-state index in [4.69, 9.17) is 18.9 Å². The molecule has 1 N–H and O–H groups in total. The number of carbonyl (C=O) groups is 3. The first kappa shape index (κ1) is 81.2. The Morgan fingerprint density at radius 1 is 0.365 bits per heavy atom. The number of hydrogen-bond donors (Lipinski definition) is 1. The van der Waals surface area contributed by atoms with Crippen LogP contribution in [0.15, 0.2) is 97.2 Å². The van der Waals surface area contributed by atoms with E-state index >= 15 is 0 Å². The molecule has 0 bridgehead atoms. The van der Waals surface area contributed by atoms with Gasteiger partial charge in [0, 0.05) is 12.8 Å². The number of unbranched alkanes of at least 4 members (excludes halogenated alkanes) is 34. The van der Waals surface area contributed by atoms with Gasteiger partial charge in [-0.15, -0.1) is 0 Å². The molecule has 0 saturated carbocycles. The summed E-state index contributed by atoms with van der Waals surface area (Å²) in [6.07, 6.45) is 88.0. The van der Waals surface area contributed by atoms with Crippen LogP contribution in [0.2, 0.25) is 0 Å². The van der Waals surface area contributed by atoms with Gasteiger partial charge in [0.05, 0.1) is 34.4 Å². The monoisotopic (exact) mass is 1190 g/mol. The zero-order valence-electron chi connectivity index (χ0n) is 56.0. The molecule has 0 amide bonds. The van der Waals surface area contributed by atoms with Crippen LogP contribution in [0.1, 0.15) is 309 Å². The lowest BCUT2D eigenvalue weighted by Gasteiger charge is -2.25. The van der Waals surface area contributed by atoms with E-state index in [2.05, 4.69) is 111 Å². The standard InChI is InChI=1S/C76H133NO8/c1-6-8-10-12-14-16-18-20-22-24-26-28-30-32-34-36-37-39-40-42-44-46-48-50-52-54-56-58-60-62-64-66-73(78)83-70-72(71-84-76(75(80)81)82-69-68-77(3,4)5)85-74(79)67-65-63-61-59-57-55-53-51-49-47-45-43-41-38-35-33-31-29-27-25-23-21-19-17-15-13-11-9-7-2/h9,11,15,17-18,20-21,23-24,26-27,29,33,35,41,43,72,76H,6-8,10,12-14,16,19,22,25,28,30-32,34,36-40,42,44-71H2,1-5H3/p+1/b11-9-,17-15-,20-18-,23-21-,26-24-,29-27-,35-33-,43-41-. The van der Waals surface area contributed by atoms with Crippen LogP contribution in [0, 0.1) is 0 Å². The van der Waals surface area contributed by atoms with Gasteiger partial charge in [-0.3, -0.25) is 9.59 Å². The van der Waals surface area contributed by atoms with E-state index in [1.165, 1.54) is 186 Å². The summed E-state index contributed by atoms with van der Waals surface area (Å²) in [5.41, 5.74) is 0. The Labute approximate surface area is 524 Å². The van der Waals surface area contributed by atoms with Gasteiger partial charge in [-0.25, -0.2) is 4.79 Å². The van der Waals surface area contributed by atoms with Crippen molar-refractivity contribution in [1.82, 2.24) is 0 Å². The molecule has 0 heterocycles. The van der Waals surface area contributed by atoms with Crippen molar-refractivity contribution < 1.29 is 42.9 Å². The highest BCUT2D eigenvalue weighted by molar-refractivity contribution is 5.71. The average Bonchev–Trinajstić information content (AvgIpc) is 3.48. The Kier molecular flexibility index (Phi) is 63.2. The van der Waals surface area contributed by atoms with Gasteiger partial charge in [-0.1, -0.05) is 297 Å². The minimum absolute atomic E-state index is 0.184. The molecule has 0 aliphatic rings. The molecule has 2 unspecified atom stereocenters. The minimum Gasteiger partial charge on any atom is -0.477 e. The van der Waals surface area contributed by atoms with Gasteiger partial charge in [0.2, 0.25) is 0 Å². The van der Waals surface area contributed by atoms with Gasteiger partial charge in [0.1, 0.15) is 13.2 Å². The van der Waals surface area contributed by atoms with Crippen molar-refractivity contribution in [3.05, 3.63) is 97.2 Å². The summed E-state index contributed by atoms with van der Waals surface area (Å²) in [6, 6.07) is 0. The molecule has 85 heavy (non-hydrogen) atoms. The maximum absolute atomic E-state index is 12.9. The minimum atomic E-state index is -1.52. The van der Waals surface area contributed by atoms with Gasteiger partial charge in [-0.2, -0.15) is 0 Å². The van der Waals surface area contributed by atoms with E-state index in [0.29, 0.717) is 23.9 Å². The van der Waals surface area contributed by atoms with E-state index in [1.807, 2.05) is 21.1 Å². The highest BCUT2D eigenvalue weighted by Gasteiger charge is 2.25. The van der Waals surface area contributed by atoms with Crippen molar-refractivity contribution in [3.8, 4) is 0 Å². The summed E-state index contributed by atoms with van der Waals surface area (Å²) in [5, 5.41) is 9.75. The van der Waals surface area contributed by atoms with E-state index in [1.54, 1.807) is 0 Å². The number of allylic oxidation sites excluding steroid dienone is 16. The maximum Gasteiger partial charge on any atom is 0.361 e. The Balaban J connectivity index is 4.12. The lowest BCUT2D eigenvalue weighted by atomic mass is 10.0. The molecule has 0 fully saturated rings. The van der Waals surface area contributed by atoms with Gasteiger partial charge in [-0.05, 0) is 96.3 Å². The van der Waals surface area contributed by atoms with Crippen LogP contribution in [-0.4, -0.2) is 87.4 Å². The third kappa shape index (κ3) is 67.6. The largest absolute Gasteiger partial charge is 0.477 e. The molecule has 0 aliphatic heterocycles. The number of nitrogens with zero attached hydrogens (tertiary/aromatic N) is 1. The highest BCUT2D eigenvalue weighted by atomic mass is 16.7. The second kappa shape index (κ2) is 66.2. The van der Waals surface area contributed by atoms with Gasteiger partial charge >= 0.3 is 17.9 Å².